The minimum absolute atomic E-state index is 0.283. The van der Waals surface area contributed by atoms with Gasteiger partial charge in [-0.2, -0.15) is 0 Å². The molecule has 1 nitrogen and oxygen atoms in total. The number of nitrogens with one attached hydrogen (secondary N) is 1. The van der Waals surface area contributed by atoms with E-state index in [4.69, 9.17) is 23.2 Å². The van der Waals surface area contributed by atoms with Crippen LogP contribution in [0.25, 0.3) is 0 Å². The standard InChI is InChI=1S/C12H17Cl2N/c1-12(2,3)8-15-7-9-6-10(13)4-5-11(9)14/h4-6,15H,7-8H2,1-3H3. The van der Waals surface area contributed by atoms with Crippen LogP contribution in [0.2, 0.25) is 10.0 Å². The molecule has 0 aliphatic heterocycles. The number of rotatable bonds is 3. The summed E-state index contributed by atoms with van der Waals surface area (Å²) < 4.78 is 0. The fraction of sp³-hybridized carbons (Fsp3) is 0.500. The van der Waals surface area contributed by atoms with Crippen molar-refractivity contribution in [2.75, 3.05) is 6.54 Å². The molecule has 0 radical (unpaired) electrons. The maximum absolute atomic E-state index is 6.05. The van der Waals surface area contributed by atoms with Gasteiger partial charge in [0.05, 0.1) is 0 Å². The lowest BCUT2D eigenvalue weighted by atomic mass is 9.97. The summed E-state index contributed by atoms with van der Waals surface area (Å²) in [7, 11) is 0. The molecule has 0 bridgehead atoms. The van der Waals surface area contributed by atoms with Crippen molar-refractivity contribution in [1.82, 2.24) is 5.32 Å². The number of hydrogen-bond acceptors (Lipinski definition) is 1. The normalized spacial score (nSPS) is 11.8. The van der Waals surface area contributed by atoms with E-state index in [9.17, 15) is 0 Å². The van der Waals surface area contributed by atoms with Crippen molar-refractivity contribution in [3.63, 3.8) is 0 Å². The van der Waals surface area contributed by atoms with Crippen LogP contribution < -0.4 is 5.32 Å². The lowest BCUT2D eigenvalue weighted by molar-refractivity contribution is 0.379. The molecule has 84 valence electrons. The van der Waals surface area contributed by atoms with E-state index < -0.39 is 0 Å². The molecule has 0 saturated carbocycles. The highest BCUT2D eigenvalue weighted by Crippen LogP contribution is 2.20. The third kappa shape index (κ3) is 4.87. The highest BCUT2D eigenvalue weighted by Gasteiger charge is 2.09. The van der Waals surface area contributed by atoms with Gasteiger partial charge in [-0.1, -0.05) is 44.0 Å². The van der Waals surface area contributed by atoms with Crippen molar-refractivity contribution < 1.29 is 0 Å². The van der Waals surface area contributed by atoms with Gasteiger partial charge in [-0.15, -0.1) is 0 Å². The van der Waals surface area contributed by atoms with Crippen LogP contribution in [0.3, 0.4) is 0 Å². The molecule has 0 fully saturated rings. The highest BCUT2D eigenvalue weighted by atomic mass is 35.5. The first-order valence-corrected chi connectivity index (χ1v) is 5.79. The Morgan fingerprint density at radius 1 is 1.20 bits per heavy atom. The monoisotopic (exact) mass is 245 g/mol. The minimum Gasteiger partial charge on any atom is -0.312 e. The lowest BCUT2D eigenvalue weighted by Gasteiger charge is -2.19. The first kappa shape index (κ1) is 12.8. The second-order valence-electron chi connectivity index (χ2n) is 4.90. The zero-order chi connectivity index (χ0) is 11.5. The molecular formula is C12H17Cl2N. The number of hydrogen-bond donors (Lipinski definition) is 1. The zero-order valence-corrected chi connectivity index (χ0v) is 10.9. The summed E-state index contributed by atoms with van der Waals surface area (Å²) in [4.78, 5) is 0. The van der Waals surface area contributed by atoms with Crippen LogP contribution in [0.1, 0.15) is 26.3 Å². The Morgan fingerprint density at radius 2 is 1.87 bits per heavy atom. The average Bonchev–Trinajstić information content (AvgIpc) is 2.09. The predicted octanol–water partition coefficient (Wildman–Crippen LogP) is 4.13. The van der Waals surface area contributed by atoms with Crippen molar-refractivity contribution in [2.24, 2.45) is 5.41 Å². The quantitative estimate of drug-likeness (QED) is 0.845. The zero-order valence-electron chi connectivity index (χ0n) is 9.40. The van der Waals surface area contributed by atoms with E-state index >= 15 is 0 Å². The Balaban J connectivity index is 2.54. The second kappa shape index (κ2) is 5.20. The third-order valence-corrected chi connectivity index (χ3v) is 2.58. The number of benzene rings is 1. The first-order chi connectivity index (χ1) is 6.88. The van der Waals surface area contributed by atoms with Gasteiger partial charge >= 0.3 is 0 Å². The first-order valence-electron chi connectivity index (χ1n) is 5.03. The molecule has 0 atom stereocenters. The van der Waals surface area contributed by atoms with Crippen LogP contribution in [-0.4, -0.2) is 6.54 Å². The molecule has 0 aromatic heterocycles. The van der Waals surface area contributed by atoms with Crippen molar-refractivity contribution in [3.8, 4) is 0 Å². The van der Waals surface area contributed by atoms with Crippen LogP contribution >= 0.6 is 23.2 Å². The van der Waals surface area contributed by atoms with Crippen LogP contribution in [0.5, 0.6) is 0 Å². The predicted molar refractivity (Wildman–Crippen MR) is 67.6 cm³/mol. The fourth-order valence-electron chi connectivity index (χ4n) is 1.25. The molecule has 0 aliphatic rings. The molecule has 1 rings (SSSR count). The van der Waals surface area contributed by atoms with Gasteiger partial charge in [0.2, 0.25) is 0 Å². The fourth-order valence-corrected chi connectivity index (χ4v) is 1.63. The third-order valence-electron chi connectivity index (χ3n) is 1.98. The smallest absolute Gasteiger partial charge is 0.0451 e. The van der Waals surface area contributed by atoms with Gasteiger partial charge in [0.1, 0.15) is 0 Å². The van der Waals surface area contributed by atoms with Gasteiger partial charge in [0.15, 0.2) is 0 Å². The van der Waals surface area contributed by atoms with E-state index in [1.54, 1.807) is 6.07 Å². The van der Waals surface area contributed by atoms with Crippen molar-refractivity contribution in [3.05, 3.63) is 33.8 Å². The molecule has 1 aromatic carbocycles. The molecule has 0 unspecified atom stereocenters. The van der Waals surface area contributed by atoms with Gasteiger partial charge in [-0.3, -0.25) is 0 Å². The molecular weight excluding hydrogens is 229 g/mol. The van der Waals surface area contributed by atoms with Crippen molar-refractivity contribution in [2.45, 2.75) is 27.3 Å². The van der Waals surface area contributed by atoms with E-state index in [0.29, 0.717) is 0 Å². The van der Waals surface area contributed by atoms with Crippen LogP contribution in [0, 0.1) is 5.41 Å². The van der Waals surface area contributed by atoms with E-state index in [-0.39, 0.29) is 5.41 Å². The van der Waals surface area contributed by atoms with Crippen molar-refractivity contribution in [1.29, 1.82) is 0 Å². The summed E-state index contributed by atoms with van der Waals surface area (Å²) >= 11 is 11.9. The summed E-state index contributed by atoms with van der Waals surface area (Å²) in [5, 5.41) is 4.86. The highest BCUT2D eigenvalue weighted by molar-refractivity contribution is 6.33. The van der Waals surface area contributed by atoms with Gasteiger partial charge in [0.25, 0.3) is 0 Å². The number of halogens is 2. The summed E-state index contributed by atoms with van der Waals surface area (Å²) in [6, 6.07) is 5.54. The molecule has 0 aliphatic carbocycles. The largest absolute Gasteiger partial charge is 0.312 e. The average molecular weight is 246 g/mol. The molecule has 0 spiro atoms. The Hall–Kier alpha value is -0.240. The van der Waals surface area contributed by atoms with Gasteiger partial charge in [-0.25, -0.2) is 0 Å². The molecule has 1 aromatic rings. The van der Waals surface area contributed by atoms with Crippen molar-refractivity contribution >= 4 is 23.2 Å². The SMILES string of the molecule is CC(C)(C)CNCc1cc(Cl)ccc1Cl. The van der Waals surface area contributed by atoms with E-state index in [1.165, 1.54) is 0 Å². The maximum Gasteiger partial charge on any atom is 0.0451 e. The lowest BCUT2D eigenvalue weighted by Crippen LogP contribution is -2.26. The molecule has 15 heavy (non-hydrogen) atoms. The van der Waals surface area contributed by atoms with Crippen LogP contribution in [0.15, 0.2) is 18.2 Å². The van der Waals surface area contributed by atoms with E-state index in [0.717, 1.165) is 28.7 Å². The van der Waals surface area contributed by atoms with E-state index in [1.807, 2.05) is 12.1 Å². The Labute approximate surface area is 102 Å². The minimum atomic E-state index is 0.283. The maximum atomic E-state index is 6.05. The molecule has 1 N–H and O–H groups in total. The Bertz CT molecular complexity index is 329. The molecule has 0 saturated heterocycles. The summed E-state index contributed by atoms with van der Waals surface area (Å²) in [5.74, 6) is 0. The van der Waals surface area contributed by atoms with Gasteiger partial charge in [-0.05, 0) is 29.2 Å². The summed E-state index contributed by atoms with van der Waals surface area (Å²) in [6.07, 6.45) is 0. The van der Waals surface area contributed by atoms with Gasteiger partial charge in [0, 0.05) is 23.1 Å². The molecule has 0 heterocycles. The van der Waals surface area contributed by atoms with Gasteiger partial charge < -0.3 is 5.32 Å². The van der Waals surface area contributed by atoms with Crippen LogP contribution in [-0.2, 0) is 6.54 Å². The second-order valence-corrected chi connectivity index (χ2v) is 5.74. The van der Waals surface area contributed by atoms with Crippen LogP contribution in [0.4, 0.5) is 0 Å². The summed E-state index contributed by atoms with van der Waals surface area (Å²) in [6.45, 7) is 8.30. The topological polar surface area (TPSA) is 12.0 Å². The molecule has 0 amide bonds. The Kier molecular flexibility index (Phi) is 4.45. The van der Waals surface area contributed by atoms with E-state index in [2.05, 4.69) is 26.1 Å². The molecule has 3 heteroatoms. The summed E-state index contributed by atoms with van der Waals surface area (Å²) in [5.41, 5.74) is 1.33. The Morgan fingerprint density at radius 3 is 2.47 bits per heavy atom.